The van der Waals surface area contributed by atoms with Gasteiger partial charge in [0.1, 0.15) is 0 Å². The summed E-state index contributed by atoms with van der Waals surface area (Å²) in [4.78, 5) is 12.1. The SMILES string of the molecule is CNc1ccc(C(=O)Nc2ccc(Br)cc2Br)cc1. The predicted octanol–water partition coefficient (Wildman–Crippen LogP) is 4.51. The Morgan fingerprint density at radius 1 is 1.05 bits per heavy atom. The monoisotopic (exact) mass is 382 g/mol. The highest BCUT2D eigenvalue weighted by Gasteiger charge is 2.08. The Bertz CT molecular complexity index is 597. The molecule has 1 amide bonds. The minimum absolute atomic E-state index is 0.134. The van der Waals surface area contributed by atoms with E-state index >= 15 is 0 Å². The predicted molar refractivity (Wildman–Crippen MR) is 85.8 cm³/mol. The summed E-state index contributed by atoms with van der Waals surface area (Å²) in [6.07, 6.45) is 0. The van der Waals surface area contributed by atoms with E-state index in [0.29, 0.717) is 5.56 Å². The van der Waals surface area contributed by atoms with Crippen LogP contribution in [0.3, 0.4) is 0 Å². The van der Waals surface area contributed by atoms with E-state index < -0.39 is 0 Å². The first kappa shape index (κ1) is 14.1. The number of hydrogen-bond acceptors (Lipinski definition) is 2. The lowest BCUT2D eigenvalue weighted by molar-refractivity contribution is 0.102. The third-order valence-corrected chi connectivity index (χ3v) is 3.76. The molecule has 0 spiro atoms. The van der Waals surface area contributed by atoms with Gasteiger partial charge in [0.25, 0.3) is 5.91 Å². The molecule has 0 aromatic heterocycles. The van der Waals surface area contributed by atoms with Crippen molar-refractivity contribution in [3.05, 3.63) is 57.0 Å². The number of carbonyl (C=O) groups is 1. The maximum absolute atomic E-state index is 12.1. The molecule has 0 heterocycles. The molecule has 0 saturated carbocycles. The molecule has 2 aromatic rings. The Labute approximate surface area is 128 Å². The van der Waals surface area contributed by atoms with Gasteiger partial charge in [-0.2, -0.15) is 0 Å². The maximum Gasteiger partial charge on any atom is 0.255 e. The highest BCUT2D eigenvalue weighted by atomic mass is 79.9. The molecule has 0 radical (unpaired) electrons. The zero-order valence-electron chi connectivity index (χ0n) is 10.2. The molecule has 98 valence electrons. The van der Waals surface area contributed by atoms with Gasteiger partial charge in [-0.1, -0.05) is 15.9 Å². The molecule has 0 aliphatic heterocycles. The van der Waals surface area contributed by atoms with Gasteiger partial charge in [0.05, 0.1) is 5.69 Å². The quantitative estimate of drug-likeness (QED) is 0.818. The second kappa shape index (κ2) is 6.21. The minimum atomic E-state index is -0.134. The van der Waals surface area contributed by atoms with E-state index in [9.17, 15) is 4.79 Å². The van der Waals surface area contributed by atoms with Gasteiger partial charge in [-0.05, 0) is 58.4 Å². The maximum atomic E-state index is 12.1. The van der Waals surface area contributed by atoms with E-state index in [1.54, 1.807) is 12.1 Å². The molecular formula is C14H12Br2N2O. The van der Waals surface area contributed by atoms with E-state index in [-0.39, 0.29) is 5.91 Å². The first-order valence-corrected chi connectivity index (χ1v) is 7.23. The van der Waals surface area contributed by atoms with Crippen LogP contribution in [0, 0.1) is 0 Å². The smallest absolute Gasteiger partial charge is 0.255 e. The van der Waals surface area contributed by atoms with Gasteiger partial charge >= 0.3 is 0 Å². The van der Waals surface area contributed by atoms with Crippen LogP contribution in [-0.2, 0) is 0 Å². The second-order valence-electron chi connectivity index (χ2n) is 3.91. The molecule has 5 heteroatoms. The highest BCUT2D eigenvalue weighted by Crippen LogP contribution is 2.26. The third kappa shape index (κ3) is 3.58. The fourth-order valence-corrected chi connectivity index (χ4v) is 2.72. The molecule has 2 aromatic carbocycles. The van der Waals surface area contributed by atoms with E-state index in [1.165, 1.54) is 0 Å². The summed E-state index contributed by atoms with van der Waals surface area (Å²) in [6.45, 7) is 0. The van der Waals surface area contributed by atoms with E-state index in [1.807, 2.05) is 37.4 Å². The largest absolute Gasteiger partial charge is 0.388 e. The third-order valence-electron chi connectivity index (χ3n) is 2.62. The molecule has 0 aliphatic carbocycles. The molecule has 0 atom stereocenters. The van der Waals surface area contributed by atoms with Gasteiger partial charge in [-0.15, -0.1) is 0 Å². The van der Waals surface area contributed by atoms with E-state index in [2.05, 4.69) is 42.5 Å². The molecule has 0 fully saturated rings. The molecule has 0 unspecified atom stereocenters. The zero-order valence-corrected chi connectivity index (χ0v) is 13.4. The van der Waals surface area contributed by atoms with Crippen molar-refractivity contribution in [1.29, 1.82) is 0 Å². The van der Waals surface area contributed by atoms with Crippen molar-refractivity contribution in [2.24, 2.45) is 0 Å². The molecule has 19 heavy (non-hydrogen) atoms. The summed E-state index contributed by atoms with van der Waals surface area (Å²) < 4.78 is 1.79. The van der Waals surface area contributed by atoms with E-state index in [0.717, 1.165) is 20.3 Å². The number of anilines is 2. The van der Waals surface area contributed by atoms with Gasteiger partial charge in [0.2, 0.25) is 0 Å². The number of amides is 1. The molecule has 2 rings (SSSR count). The molecule has 0 aliphatic rings. The minimum Gasteiger partial charge on any atom is -0.388 e. The lowest BCUT2D eigenvalue weighted by Crippen LogP contribution is -2.12. The summed E-state index contributed by atoms with van der Waals surface area (Å²) in [5, 5.41) is 5.88. The molecule has 0 saturated heterocycles. The van der Waals surface area contributed by atoms with Crippen molar-refractivity contribution in [3.8, 4) is 0 Å². The summed E-state index contributed by atoms with van der Waals surface area (Å²) in [5.74, 6) is -0.134. The Morgan fingerprint density at radius 3 is 2.32 bits per heavy atom. The second-order valence-corrected chi connectivity index (χ2v) is 5.68. The lowest BCUT2D eigenvalue weighted by Gasteiger charge is -2.08. The molecule has 3 nitrogen and oxygen atoms in total. The van der Waals surface area contributed by atoms with Crippen LogP contribution in [0.15, 0.2) is 51.4 Å². The number of carbonyl (C=O) groups excluding carboxylic acids is 1. The number of halogens is 2. The van der Waals surface area contributed by atoms with Crippen molar-refractivity contribution in [2.45, 2.75) is 0 Å². The normalized spacial score (nSPS) is 10.1. The van der Waals surface area contributed by atoms with Crippen LogP contribution in [0.5, 0.6) is 0 Å². The summed E-state index contributed by atoms with van der Waals surface area (Å²) in [7, 11) is 1.84. The van der Waals surface area contributed by atoms with Crippen molar-refractivity contribution in [3.63, 3.8) is 0 Å². The topological polar surface area (TPSA) is 41.1 Å². The van der Waals surface area contributed by atoms with Crippen molar-refractivity contribution < 1.29 is 4.79 Å². The van der Waals surface area contributed by atoms with Crippen LogP contribution in [0.4, 0.5) is 11.4 Å². The lowest BCUT2D eigenvalue weighted by atomic mass is 10.2. The highest BCUT2D eigenvalue weighted by molar-refractivity contribution is 9.11. The number of nitrogens with one attached hydrogen (secondary N) is 2. The van der Waals surface area contributed by atoms with Crippen LogP contribution in [0.25, 0.3) is 0 Å². The summed E-state index contributed by atoms with van der Waals surface area (Å²) in [5.41, 5.74) is 2.33. The van der Waals surface area contributed by atoms with Crippen LogP contribution in [0.1, 0.15) is 10.4 Å². The van der Waals surface area contributed by atoms with Gasteiger partial charge < -0.3 is 10.6 Å². The van der Waals surface area contributed by atoms with Gasteiger partial charge in [-0.3, -0.25) is 4.79 Å². The Balaban J connectivity index is 2.15. The zero-order chi connectivity index (χ0) is 13.8. The van der Waals surface area contributed by atoms with Crippen LogP contribution in [0.2, 0.25) is 0 Å². The average Bonchev–Trinajstić information content (AvgIpc) is 2.42. The molecule has 2 N–H and O–H groups in total. The van der Waals surface area contributed by atoms with Crippen LogP contribution < -0.4 is 10.6 Å². The Hall–Kier alpha value is -1.33. The van der Waals surface area contributed by atoms with Crippen molar-refractivity contribution in [2.75, 3.05) is 17.7 Å². The number of hydrogen-bond donors (Lipinski definition) is 2. The molecular weight excluding hydrogens is 372 g/mol. The van der Waals surface area contributed by atoms with Gasteiger partial charge in [-0.25, -0.2) is 0 Å². The fraction of sp³-hybridized carbons (Fsp3) is 0.0714. The summed E-state index contributed by atoms with van der Waals surface area (Å²) in [6, 6.07) is 12.9. The first-order chi connectivity index (χ1) is 9.10. The number of benzene rings is 2. The van der Waals surface area contributed by atoms with Crippen molar-refractivity contribution in [1.82, 2.24) is 0 Å². The van der Waals surface area contributed by atoms with Gasteiger partial charge in [0.15, 0.2) is 0 Å². The Kier molecular flexibility index (Phi) is 4.61. The standard InChI is InChI=1S/C14H12Br2N2O/c1-17-11-5-2-9(3-6-11)14(19)18-13-7-4-10(15)8-12(13)16/h2-8,17H,1H3,(H,18,19). The first-order valence-electron chi connectivity index (χ1n) is 5.64. The number of rotatable bonds is 3. The van der Waals surface area contributed by atoms with Gasteiger partial charge in [0, 0.05) is 27.2 Å². The van der Waals surface area contributed by atoms with E-state index in [4.69, 9.17) is 0 Å². The molecule has 0 bridgehead atoms. The van der Waals surface area contributed by atoms with Crippen LogP contribution in [-0.4, -0.2) is 13.0 Å². The van der Waals surface area contributed by atoms with Crippen molar-refractivity contribution >= 4 is 49.1 Å². The summed E-state index contributed by atoms with van der Waals surface area (Å²) >= 11 is 6.79. The van der Waals surface area contributed by atoms with Crippen LogP contribution >= 0.6 is 31.9 Å². The Morgan fingerprint density at radius 2 is 1.74 bits per heavy atom. The fourth-order valence-electron chi connectivity index (χ4n) is 1.57. The average molecular weight is 384 g/mol.